The summed E-state index contributed by atoms with van der Waals surface area (Å²) in [6, 6.07) is 0. The molecular weight excluding hydrogens is 200 g/mol. The standard InChI is InChI=1S/C13H30N2O/c1-4-14(5-2)11-9-12-15(6-3)10-7-8-13-16/h16H,4-13H2,1-3H3. The van der Waals surface area contributed by atoms with Gasteiger partial charge in [0.15, 0.2) is 0 Å². The van der Waals surface area contributed by atoms with E-state index in [1.165, 1.54) is 19.5 Å². The third-order valence-electron chi connectivity index (χ3n) is 3.17. The van der Waals surface area contributed by atoms with Crippen molar-refractivity contribution in [2.75, 3.05) is 45.9 Å². The zero-order valence-electron chi connectivity index (χ0n) is 11.4. The summed E-state index contributed by atoms with van der Waals surface area (Å²) in [6.45, 7) is 14.0. The van der Waals surface area contributed by atoms with Gasteiger partial charge < -0.3 is 14.9 Å². The van der Waals surface area contributed by atoms with Gasteiger partial charge >= 0.3 is 0 Å². The fourth-order valence-corrected chi connectivity index (χ4v) is 1.93. The van der Waals surface area contributed by atoms with E-state index in [2.05, 4.69) is 30.6 Å². The van der Waals surface area contributed by atoms with Crippen molar-refractivity contribution in [1.82, 2.24) is 9.80 Å². The van der Waals surface area contributed by atoms with E-state index in [1.54, 1.807) is 0 Å². The Hall–Kier alpha value is -0.120. The molecule has 0 unspecified atom stereocenters. The molecule has 0 heterocycles. The van der Waals surface area contributed by atoms with Crippen molar-refractivity contribution in [1.29, 1.82) is 0 Å². The van der Waals surface area contributed by atoms with Crippen molar-refractivity contribution in [3.63, 3.8) is 0 Å². The van der Waals surface area contributed by atoms with Crippen LogP contribution in [0.1, 0.15) is 40.0 Å². The zero-order valence-corrected chi connectivity index (χ0v) is 11.4. The molecule has 3 nitrogen and oxygen atoms in total. The van der Waals surface area contributed by atoms with E-state index in [-0.39, 0.29) is 0 Å². The first-order chi connectivity index (χ1) is 7.78. The second kappa shape index (κ2) is 11.4. The van der Waals surface area contributed by atoms with E-state index in [0.29, 0.717) is 6.61 Å². The molecule has 0 aromatic carbocycles. The molecule has 0 aliphatic heterocycles. The van der Waals surface area contributed by atoms with Gasteiger partial charge in [-0.05, 0) is 58.5 Å². The van der Waals surface area contributed by atoms with Gasteiger partial charge in [0.2, 0.25) is 0 Å². The topological polar surface area (TPSA) is 26.7 Å². The Morgan fingerprint density at radius 2 is 1.19 bits per heavy atom. The minimum Gasteiger partial charge on any atom is -0.396 e. The van der Waals surface area contributed by atoms with Crippen LogP contribution in [0.4, 0.5) is 0 Å². The van der Waals surface area contributed by atoms with E-state index in [4.69, 9.17) is 5.11 Å². The number of nitrogens with zero attached hydrogens (tertiary/aromatic N) is 2. The highest BCUT2D eigenvalue weighted by Crippen LogP contribution is 1.98. The fourth-order valence-electron chi connectivity index (χ4n) is 1.93. The van der Waals surface area contributed by atoms with Crippen LogP contribution in [-0.4, -0.2) is 60.8 Å². The lowest BCUT2D eigenvalue weighted by molar-refractivity contribution is 0.228. The SMILES string of the molecule is CCN(CC)CCCN(CC)CCCCO. The summed E-state index contributed by atoms with van der Waals surface area (Å²) in [5, 5.41) is 8.74. The summed E-state index contributed by atoms with van der Waals surface area (Å²) >= 11 is 0. The lowest BCUT2D eigenvalue weighted by atomic mass is 10.2. The van der Waals surface area contributed by atoms with Crippen LogP contribution in [0.5, 0.6) is 0 Å². The predicted octanol–water partition coefficient (Wildman–Crippen LogP) is 1.81. The molecule has 0 amide bonds. The van der Waals surface area contributed by atoms with Crippen LogP contribution < -0.4 is 0 Å². The van der Waals surface area contributed by atoms with Crippen LogP contribution in [0, 0.1) is 0 Å². The third-order valence-corrected chi connectivity index (χ3v) is 3.17. The summed E-state index contributed by atoms with van der Waals surface area (Å²) in [5.41, 5.74) is 0. The molecule has 0 aromatic heterocycles. The van der Waals surface area contributed by atoms with Crippen molar-refractivity contribution < 1.29 is 5.11 Å². The van der Waals surface area contributed by atoms with Gasteiger partial charge in [-0.2, -0.15) is 0 Å². The second-order valence-corrected chi connectivity index (χ2v) is 4.25. The number of aliphatic hydroxyl groups excluding tert-OH is 1. The second-order valence-electron chi connectivity index (χ2n) is 4.25. The molecule has 0 saturated carbocycles. The van der Waals surface area contributed by atoms with Gasteiger partial charge in [0, 0.05) is 6.61 Å². The van der Waals surface area contributed by atoms with Crippen LogP contribution in [-0.2, 0) is 0 Å². The number of unbranched alkanes of at least 4 members (excludes halogenated alkanes) is 1. The Bertz CT molecular complexity index is 138. The number of hydrogen-bond acceptors (Lipinski definition) is 3. The Kier molecular flexibility index (Phi) is 11.3. The first-order valence-electron chi connectivity index (χ1n) is 6.83. The minimum absolute atomic E-state index is 0.330. The Labute approximate surface area is 101 Å². The maximum absolute atomic E-state index is 8.74. The Morgan fingerprint density at radius 1 is 0.688 bits per heavy atom. The van der Waals surface area contributed by atoms with Gasteiger partial charge in [0.1, 0.15) is 0 Å². The van der Waals surface area contributed by atoms with Crippen LogP contribution in [0.15, 0.2) is 0 Å². The molecule has 0 saturated heterocycles. The largest absolute Gasteiger partial charge is 0.396 e. The molecule has 0 radical (unpaired) electrons. The smallest absolute Gasteiger partial charge is 0.0431 e. The average molecular weight is 230 g/mol. The summed E-state index contributed by atoms with van der Waals surface area (Å²) in [4.78, 5) is 4.96. The quantitative estimate of drug-likeness (QED) is 0.548. The van der Waals surface area contributed by atoms with Gasteiger partial charge in [-0.25, -0.2) is 0 Å². The average Bonchev–Trinajstić information content (AvgIpc) is 2.32. The number of aliphatic hydroxyl groups is 1. The van der Waals surface area contributed by atoms with Crippen LogP contribution in [0.3, 0.4) is 0 Å². The van der Waals surface area contributed by atoms with Crippen LogP contribution in [0.2, 0.25) is 0 Å². The van der Waals surface area contributed by atoms with Gasteiger partial charge in [0.25, 0.3) is 0 Å². The van der Waals surface area contributed by atoms with Gasteiger partial charge in [-0.15, -0.1) is 0 Å². The molecule has 1 N–H and O–H groups in total. The molecule has 0 rings (SSSR count). The first-order valence-corrected chi connectivity index (χ1v) is 6.83. The maximum Gasteiger partial charge on any atom is 0.0431 e. The summed E-state index contributed by atoms with van der Waals surface area (Å²) in [7, 11) is 0. The van der Waals surface area contributed by atoms with Crippen molar-refractivity contribution in [3.05, 3.63) is 0 Å². The fraction of sp³-hybridized carbons (Fsp3) is 1.00. The number of hydrogen-bond donors (Lipinski definition) is 1. The molecule has 0 spiro atoms. The summed E-state index contributed by atoms with van der Waals surface area (Å²) in [5.74, 6) is 0. The van der Waals surface area contributed by atoms with Crippen molar-refractivity contribution >= 4 is 0 Å². The molecular formula is C13H30N2O. The summed E-state index contributed by atoms with van der Waals surface area (Å²) in [6.07, 6.45) is 3.32. The molecule has 0 aromatic rings. The molecule has 0 atom stereocenters. The third kappa shape index (κ3) is 8.08. The molecule has 16 heavy (non-hydrogen) atoms. The summed E-state index contributed by atoms with van der Waals surface area (Å²) < 4.78 is 0. The van der Waals surface area contributed by atoms with Crippen molar-refractivity contribution in [2.45, 2.75) is 40.0 Å². The van der Waals surface area contributed by atoms with Gasteiger partial charge in [-0.1, -0.05) is 20.8 Å². The van der Waals surface area contributed by atoms with E-state index < -0.39 is 0 Å². The van der Waals surface area contributed by atoms with E-state index in [9.17, 15) is 0 Å². The van der Waals surface area contributed by atoms with Crippen LogP contribution >= 0.6 is 0 Å². The number of rotatable bonds is 11. The molecule has 0 fully saturated rings. The zero-order chi connectivity index (χ0) is 12.2. The lowest BCUT2D eigenvalue weighted by Crippen LogP contribution is -2.30. The Balaban J connectivity index is 3.53. The Morgan fingerprint density at radius 3 is 1.69 bits per heavy atom. The van der Waals surface area contributed by atoms with Crippen molar-refractivity contribution in [3.8, 4) is 0 Å². The van der Waals surface area contributed by atoms with Crippen molar-refractivity contribution in [2.24, 2.45) is 0 Å². The molecule has 98 valence electrons. The molecule has 3 heteroatoms. The maximum atomic E-state index is 8.74. The molecule has 0 aliphatic carbocycles. The normalized spacial score (nSPS) is 11.6. The predicted molar refractivity (Wildman–Crippen MR) is 70.8 cm³/mol. The highest BCUT2D eigenvalue weighted by Gasteiger charge is 2.03. The first kappa shape index (κ1) is 15.9. The highest BCUT2D eigenvalue weighted by atomic mass is 16.2. The molecule has 0 bridgehead atoms. The lowest BCUT2D eigenvalue weighted by Gasteiger charge is -2.23. The monoisotopic (exact) mass is 230 g/mol. The van der Waals surface area contributed by atoms with E-state index in [1.807, 2.05) is 0 Å². The van der Waals surface area contributed by atoms with Gasteiger partial charge in [0.05, 0.1) is 0 Å². The van der Waals surface area contributed by atoms with Gasteiger partial charge in [-0.3, -0.25) is 0 Å². The van der Waals surface area contributed by atoms with E-state index in [0.717, 1.165) is 39.0 Å². The van der Waals surface area contributed by atoms with Crippen LogP contribution in [0.25, 0.3) is 0 Å². The van der Waals surface area contributed by atoms with E-state index >= 15 is 0 Å². The highest BCUT2D eigenvalue weighted by molar-refractivity contribution is 4.59. The minimum atomic E-state index is 0.330. The molecule has 0 aliphatic rings.